The number of hydrazone groups is 1. The predicted molar refractivity (Wildman–Crippen MR) is 103 cm³/mol. The van der Waals surface area contributed by atoms with E-state index < -0.39 is 0 Å². The first kappa shape index (κ1) is 15.7. The van der Waals surface area contributed by atoms with Crippen LogP contribution in [0.2, 0.25) is 0 Å². The van der Waals surface area contributed by atoms with Crippen LogP contribution < -0.4 is 4.74 Å². The van der Waals surface area contributed by atoms with Crippen LogP contribution in [-0.4, -0.2) is 10.7 Å². The van der Waals surface area contributed by atoms with Gasteiger partial charge in [0.05, 0.1) is 18.0 Å². The first-order valence-corrected chi connectivity index (χ1v) is 9.41. The molecule has 1 aromatic heterocycles. The Morgan fingerprint density at radius 1 is 1.12 bits per heavy atom. The van der Waals surface area contributed by atoms with Crippen LogP contribution in [0.25, 0.3) is 0 Å². The maximum atomic E-state index is 6.25. The standard InChI is InChI=1S/C21H17BrN2O2/c1-13-4-6-14(7-5-13)17-12-18-16-11-15(22)8-9-19(16)26-21(24(18)23-17)20-3-2-10-25-20/h2-11,18,21H,12H2,1H3/t18-,21+/m0/s1. The molecule has 0 fully saturated rings. The number of hydrogen-bond donors (Lipinski definition) is 0. The van der Waals surface area contributed by atoms with E-state index in [0.717, 1.165) is 39.2 Å². The topological polar surface area (TPSA) is 38.0 Å². The van der Waals surface area contributed by atoms with Crippen LogP contribution in [0.5, 0.6) is 5.75 Å². The quantitative estimate of drug-likeness (QED) is 0.554. The molecular weight excluding hydrogens is 392 g/mol. The minimum Gasteiger partial charge on any atom is -0.463 e. The smallest absolute Gasteiger partial charge is 0.246 e. The number of rotatable bonds is 2. The lowest BCUT2D eigenvalue weighted by Gasteiger charge is -2.37. The highest BCUT2D eigenvalue weighted by Gasteiger charge is 2.42. The highest BCUT2D eigenvalue weighted by atomic mass is 79.9. The van der Waals surface area contributed by atoms with Gasteiger partial charge in [-0.05, 0) is 42.8 Å². The summed E-state index contributed by atoms with van der Waals surface area (Å²) in [6, 6.07) is 18.6. The molecule has 5 heteroatoms. The van der Waals surface area contributed by atoms with E-state index in [1.807, 2.05) is 29.3 Å². The lowest BCUT2D eigenvalue weighted by molar-refractivity contribution is -0.0325. The van der Waals surface area contributed by atoms with E-state index in [2.05, 4.69) is 53.2 Å². The normalized spacial score (nSPS) is 21.0. The molecule has 130 valence electrons. The summed E-state index contributed by atoms with van der Waals surface area (Å²) < 4.78 is 12.9. The monoisotopic (exact) mass is 408 g/mol. The van der Waals surface area contributed by atoms with Crippen molar-refractivity contribution in [3.8, 4) is 5.75 Å². The van der Waals surface area contributed by atoms with Gasteiger partial charge >= 0.3 is 0 Å². The van der Waals surface area contributed by atoms with Crippen LogP contribution in [0.1, 0.15) is 41.1 Å². The molecule has 0 bridgehead atoms. The van der Waals surface area contributed by atoms with E-state index in [0.29, 0.717) is 0 Å². The highest BCUT2D eigenvalue weighted by molar-refractivity contribution is 9.10. The molecule has 2 aliphatic rings. The first-order valence-electron chi connectivity index (χ1n) is 8.61. The third-order valence-electron chi connectivity index (χ3n) is 4.92. The molecule has 0 saturated heterocycles. The minimum absolute atomic E-state index is 0.127. The molecular formula is C21H17BrN2O2. The SMILES string of the molecule is Cc1ccc(C2=NN3[C@@H](c4ccco4)Oc4ccc(Br)cc4[C@@H]3C2)cc1. The van der Waals surface area contributed by atoms with Crippen molar-refractivity contribution >= 4 is 21.6 Å². The number of benzene rings is 2. The molecule has 2 atom stereocenters. The van der Waals surface area contributed by atoms with Gasteiger partial charge in [-0.1, -0.05) is 45.8 Å². The average molecular weight is 409 g/mol. The molecule has 0 spiro atoms. The molecule has 0 amide bonds. The molecule has 0 N–H and O–H groups in total. The second-order valence-electron chi connectivity index (χ2n) is 6.68. The van der Waals surface area contributed by atoms with Gasteiger partial charge in [0.1, 0.15) is 5.75 Å². The van der Waals surface area contributed by atoms with Crippen molar-refractivity contribution in [1.29, 1.82) is 0 Å². The van der Waals surface area contributed by atoms with Gasteiger partial charge in [-0.15, -0.1) is 0 Å². The first-order chi connectivity index (χ1) is 12.7. The van der Waals surface area contributed by atoms with E-state index in [4.69, 9.17) is 14.3 Å². The Morgan fingerprint density at radius 2 is 1.96 bits per heavy atom. The van der Waals surface area contributed by atoms with Gasteiger partial charge < -0.3 is 9.15 Å². The van der Waals surface area contributed by atoms with Gasteiger partial charge in [-0.3, -0.25) is 0 Å². The zero-order valence-electron chi connectivity index (χ0n) is 14.2. The largest absolute Gasteiger partial charge is 0.463 e. The summed E-state index contributed by atoms with van der Waals surface area (Å²) in [5, 5.41) is 6.96. The Hall–Kier alpha value is -2.53. The van der Waals surface area contributed by atoms with Crippen LogP contribution >= 0.6 is 15.9 Å². The van der Waals surface area contributed by atoms with Gasteiger partial charge in [0.25, 0.3) is 0 Å². The van der Waals surface area contributed by atoms with Gasteiger partial charge in [0, 0.05) is 16.5 Å². The van der Waals surface area contributed by atoms with E-state index in [-0.39, 0.29) is 12.3 Å². The lowest BCUT2D eigenvalue weighted by Crippen LogP contribution is -2.33. The molecule has 2 aliphatic heterocycles. The number of nitrogens with zero attached hydrogens (tertiary/aromatic N) is 2. The maximum Gasteiger partial charge on any atom is 0.246 e. The third-order valence-corrected chi connectivity index (χ3v) is 5.42. The Morgan fingerprint density at radius 3 is 2.73 bits per heavy atom. The summed E-state index contributed by atoms with van der Waals surface area (Å²) in [4.78, 5) is 0. The fourth-order valence-electron chi connectivity index (χ4n) is 3.60. The number of ether oxygens (including phenoxy) is 1. The predicted octanol–water partition coefficient (Wildman–Crippen LogP) is 5.59. The molecule has 0 unspecified atom stereocenters. The van der Waals surface area contributed by atoms with Gasteiger partial charge in [0.15, 0.2) is 5.76 Å². The van der Waals surface area contributed by atoms with Gasteiger partial charge in [-0.2, -0.15) is 5.10 Å². The summed E-state index contributed by atoms with van der Waals surface area (Å²) in [5.74, 6) is 1.65. The number of halogens is 1. The summed E-state index contributed by atoms with van der Waals surface area (Å²) in [6.07, 6.45) is 2.16. The van der Waals surface area contributed by atoms with Crippen LogP contribution in [0.15, 0.2) is 74.9 Å². The van der Waals surface area contributed by atoms with E-state index in [1.54, 1.807) is 6.26 Å². The number of furan rings is 1. The molecule has 0 saturated carbocycles. The number of aryl methyl sites for hydroxylation is 1. The Labute approximate surface area is 160 Å². The van der Waals surface area contributed by atoms with E-state index in [9.17, 15) is 0 Å². The molecule has 0 aliphatic carbocycles. The van der Waals surface area contributed by atoms with Crippen molar-refractivity contribution in [3.05, 3.63) is 87.8 Å². The van der Waals surface area contributed by atoms with Crippen LogP contribution in [-0.2, 0) is 0 Å². The van der Waals surface area contributed by atoms with Crippen molar-refractivity contribution in [1.82, 2.24) is 5.01 Å². The molecule has 5 rings (SSSR count). The fourth-order valence-corrected chi connectivity index (χ4v) is 3.98. The van der Waals surface area contributed by atoms with Crippen molar-refractivity contribution in [2.45, 2.75) is 25.6 Å². The minimum atomic E-state index is -0.355. The fraction of sp³-hybridized carbons (Fsp3) is 0.190. The van der Waals surface area contributed by atoms with E-state index >= 15 is 0 Å². The molecule has 4 nitrogen and oxygen atoms in total. The summed E-state index contributed by atoms with van der Waals surface area (Å²) in [7, 11) is 0. The second-order valence-corrected chi connectivity index (χ2v) is 7.60. The number of fused-ring (bicyclic) bond motifs is 3. The Bertz CT molecular complexity index is 980. The average Bonchev–Trinajstić information content (AvgIpc) is 3.32. The second kappa shape index (κ2) is 6.02. The lowest BCUT2D eigenvalue weighted by atomic mass is 9.96. The van der Waals surface area contributed by atoms with Crippen molar-refractivity contribution in [3.63, 3.8) is 0 Å². The summed E-state index contributed by atoms with van der Waals surface area (Å²) in [5.41, 5.74) is 4.62. The van der Waals surface area contributed by atoms with Gasteiger partial charge in [0.2, 0.25) is 6.23 Å². The third kappa shape index (κ3) is 2.54. The molecule has 0 radical (unpaired) electrons. The van der Waals surface area contributed by atoms with Crippen molar-refractivity contribution in [2.75, 3.05) is 0 Å². The summed E-state index contributed by atoms with van der Waals surface area (Å²) >= 11 is 3.58. The van der Waals surface area contributed by atoms with Gasteiger partial charge in [-0.25, -0.2) is 5.01 Å². The van der Waals surface area contributed by atoms with Crippen molar-refractivity contribution in [2.24, 2.45) is 5.10 Å². The van der Waals surface area contributed by atoms with Crippen LogP contribution in [0.3, 0.4) is 0 Å². The molecule has 2 aromatic carbocycles. The Balaban J connectivity index is 1.60. The van der Waals surface area contributed by atoms with Crippen LogP contribution in [0.4, 0.5) is 0 Å². The zero-order chi connectivity index (χ0) is 17.7. The van der Waals surface area contributed by atoms with Crippen molar-refractivity contribution < 1.29 is 9.15 Å². The molecule has 3 heterocycles. The highest BCUT2D eigenvalue weighted by Crippen LogP contribution is 2.48. The van der Waals surface area contributed by atoms with Crippen LogP contribution in [0, 0.1) is 6.92 Å². The number of hydrogen-bond acceptors (Lipinski definition) is 4. The maximum absolute atomic E-state index is 6.25. The molecule has 3 aromatic rings. The zero-order valence-corrected chi connectivity index (χ0v) is 15.8. The van der Waals surface area contributed by atoms with E-state index in [1.165, 1.54) is 5.56 Å². The Kier molecular flexibility index (Phi) is 3.64. The molecule has 26 heavy (non-hydrogen) atoms. The summed E-state index contributed by atoms with van der Waals surface area (Å²) in [6.45, 7) is 2.10.